The second-order valence-corrected chi connectivity index (χ2v) is 4.58. The number of rotatable bonds is 2. The van der Waals surface area contributed by atoms with Crippen LogP contribution < -0.4 is 10.6 Å². The first-order valence-corrected chi connectivity index (χ1v) is 5.87. The van der Waals surface area contributed by atoms with Gasteiger partial charge < -0.3 is 10.6 Å². The molecule has 3 heteroatoms. The van der Waals surface area contributed by atoms with Gasteiger partial charge in [0.1, 0.15) is 0 Å². The van der Waals surface area contributed by atoms with Crippen LogP contribution in [0.3, 0.4) is 0 Å². The van der Waals surface area contributed by atoms with Crippen molar-refractivity contribution >= 4 is 17.3 Å². The molecule has 2 nitrogen and oxygen atoms in total. The van der Waals surface area contributed by atoms with Gasteiger partial charge >= 0.3 is 0 Å². The Morgan fingerprint density at radius 1 is 1.47 bits per heavy atom. The molecule has 0 bridgehead atoms. The van der Waals surface area contributed by atoms with Crippen molar-refractivity contribution in [3.05, 3.63) is 28.8 Å². The third-order valence-electron chi connectivity index (χ3n) is 2.86. The van der Waals surface area contributed by atoms with Crippen molar-refractivity contribution in [3.8, 4) is 0 Å². The van der Waals surface area contributed by atoms with E-state index < -0.39 is 0 Å². The smallest absolute Gasteiger partial charge is 0.0426 e. The molecule has 82 valence electrons. The molecule has 0 saturated carbocycles. The van der Waals surface area contributed by atoms with Gasteiger partial charge in [-0.2, -0.15) is 0 Å². The number of halogens is 1. The largest absolute Gasteiger partial charge is 0.381 e. The first-order valence-electron chi connectivity index (χ1n) is 5.49. The van der Waals surface area contributed by atoms with E-state index in [2.05, 4.69) is 23.6 Å². The van der Waals surface area contributed by atoms with E-state index in [1.54, 1.807) is 0 Å². The van der Waals surface area contributed by atoms with Crippen molar-refractivity contribution in [3.63, 3.8) is 0 Å². The van der Waals surface area contributed by atoms with Crippen LogP contribution in [0.25, 0.3) is 0 Å². The van der Waals surface area contributed by atoms with Crippen LogP contribution in [0.15, 0.2) is 18.2 Å². The molecule has 1 aromatic rings. The van der Waals surface area contributed by atoms with E-state index in [1.807, 2.05) is 12.1 Å². The Hall–Kier alpha value is -0.730. The predicted octanol–water partition coefficient (Wildman–Crippen LogP) is 2.81. The van der Waals surface area contributed by atoms with Gasteiger partial charge in [-0.15, -0.1) is 0 Å². The van der Waals surface area contributed by atoms with Crippen molar-refractivity contribution in [1.82, 2.24) is 5.32 Å². The fraction of sp³-hybridized carbons (Fsp3) is 0.500. The summed E-state index contributed by atoms with van der Waals surface area (Å²) < 4.78 is 0. The molecule has 1 unspecified atom stereocenters. The van der Waals surface area contributed by atoms with Gasteiger partial charge in [0, 0.05) is 23.3 Å². The lowest BCUT2D eigenvalue weighted by Crippen LogP contribution is -2.38. The summed E-state index contributed by atoms with van der Waals surface area (Å²) in [5.74, 6) is 0. The third kappa shape index (κ3) is 2.86. The predicted molar refractivity (Wildman–Crippen MR) is 65.7 cm³/mol. The molecule has 1 aliphatic rings. The van der Waals surface area contributed by atoms with E-state index in [9.17, 15) is 0 Å². The highest BCUT2D eigenvalue weighted by atomic mass is 35.5. The van der Waals surface area contributed by atoms with Gasteiger partial charge in [-0.25, -0.2) is 0 Å². The number of benzene rings is 1. The van der Waals surface area contributed by atoms with Gasteiger partial charge in [0.15, 0.2) is 0 Å². The van der Waals surface area contributed by atoms with Crippen LogP contribution in [0, 0.1) is 6.92 Å². The molecule has 1 saturated heterocycles. The quantitative estimate of drug-likeness (QED) is 0.808. The highest BCUT2D eigenvalue weighted by Crippen LogP contribution is 2.21. The Labute approximate surface area is 96.0 Å². The van der Waals surface area contributed by atoms with Crippen molar-refractivity contribution in [2.24, 2.45) is 0 Å². The molecule has 15 heavy (non-hydrogen) atoms. The van der Waals surface area contributed by atoms with Crippen molar-refractivity contribution in [2.75, 3.05) is 18.4 Å². The SMILES string of the molecule is Cc1ccc(Cl)cc1NC1CCCNC1. The van der Waals surface area contributed by atoms with Crippen LogP contribution in [0.1, 0.15) is 18.4 Å². The molecule has 2 rings (SSSR count). The highest BCUT2D eigenvalue weighted by molar-refractivity contribution is 6.30. The molecular weight excluding hydrogens is 208 g/mol. The number of hydrogen-bond acceptors (Lipinski definition) is 2. The summed E-state index contributed by atoms with van der Waals surface area (Å²) in [6.45, 7) is 4.30. The number of piperidine rings is 1. The Bertz CT molecular complexity index is 332. The molecule has 0 aromatic heterocycles. The monoisotopic (exact) mass is 224 g/mol. The van der Waals surface area contributed by atoms with Gasteiger partial charge in [-0.1, -0.05) is 17.7 Å². The summed E-state index contributed by atoms with van der Waals surface area (Å²) >= 11 is 5.98. The minimum absolute atomic E-state index is 0.538. The van der Waals surface area contributed by atoms with Gasteiger partial charge in [0.05, 0.1) is 0 Å². The second kappa shape index (κ2) is 4.86. The van der Waals surface area contributed by atoms with Crippen LogP contribution >= 0.6 is 11.6 Å². The van der Waals surface area contributed by atoms with E-state index in [-0.39, 0.29) is 0 Å². The zero-order chi connectivity index (χ0) is 10.7. The number of nitrogens with one attached hydrogen (secondary N) is 2. The van der Waals surface area contributed by atoms with Crippen molar-refractivity contribution < 1.29 is 0 Å². The molecule has 2 N–H and O–H groups in total. The fourth-order valence-electron chi connectivity index (χ4n) is 1.94. The van der Waals surface area contributed by atoms with Crippen LogP contribution in [0.5, 0.6) is 0 Å². The Balaban J connectivity index is 2.05. The fourth-order valence-corrected chi connectivity index (χ4v) is 2.12. The van der Waals surface area contributed by atoms with Gasteiger partial charge in [-0.3, -0.25) is 0 Å². The minimum atomic E-state index is 0.538. The first-order chi connectivity index (χ1) is 7.25. The molecular formula is C12H17ClN2. The zero-order valence-corrected chi connectivity index (χ0v) is 9.77. The summed E-state index contributed by atoms with van der Waals surface area (Å²) in [6.07, 6.45) is 2.48. The van der Waals surface area contributed by atoms with E-state index in [4.69, 9.17) is 11.6 Å². The van der Waals surface area contributed by atoms with Crippen LogP contribution in [0.4, 0.5) is 5.69 Å². The van der Waals surface area contributed by atoms with E-state index in [0.29, 0.717) is 6.04 Å². The number of anilines is 1. The van der Waals surface area contributed by atoms with Gasteiger partial charge in [0.25, 0.3) is 0 Å². The molecule has 1 fully saturated rings. The highest BCUT2D eigenvalue weighted by Gasteiger charge is 2.13. The average Bonchev–Trinajstić information content (AvgIpc) is 2.25. The van der Waals surface area contributed by atoms with Gasteiger partial charge in [0.2, 0.25) is 0 Å². The molecule has 0 amide bonds. The molecule has 0 spiro atoms. The summed E-state index contributed by atoms with van der Waals surface area (Å²) in [5, 5.41) is 7.73. The Morgan fingerprint density at radius 3 is 3.07 bits per heavy atom. The van der Waals surface area contributed by atoms with Crippen molar-refractivity contribution in [1.29, 1.82) is 0 Å². The Kier molecular flexibility index (Phi) is 3.49. The second-order valence-electron chi connectivity index (χ2n) is 4.15. The topological polar surface area (TPSA) is 24.1 Å². The lowest BCUT2D eigenvalue weighted by molar-refractivity contribution is 0.480. The number of aryl methyl sites for hydroxylation is 1. The molecule has 1 heterocycles. The minimum Gasteiger partial charge on any atom is -0.381 e. The van der Waals surface area contributed by atoms with Crippen LogP contribution in [-0.2, 0) is 0 Å². The maximum atomic E-state index is 5.98. The summed E-state index contributed by atoms with van der Waals surface area (Å²) in [4.78, 5) is 0. The molecule has 1 atom stereocenters. The van der Waals surface area contributed by atoms with E-state index in [0.717, 1.165) is 23.8 Å². The third-order valence-corrected chi connectivity index (χ3v) is 3.09. The van der Waals surface area contributed by atoms with Gasteiger partial charge in [-0.05, 0) is 44.0 Å². The summed E-state index contributed by atoms with van der Waals surface area (Å²) in [6, 6.07) is 6.53. The summed E-state index contributed by atoms with van der Waals surface area (Å²) in [5.41, 5.74) is 2.42. The number of hydrogen-bond donors (Lipinski definition) is 2. The van der Waals surface area contributed by atoms with Crippen LogP contribution in [0.2, 0.25) is 5.02 Å². The lowest BCUT2D eigenvalue weighted by Gasteiger charge is -2.25. The maximum absolute atomic E-state index is 5.98. The molecule has 1 aliphatic heterocycles. The first kappa shape index (κ1) is 10.8. The lowest BCUT2D eigenvalue weighted by atomic mass is 10.1. The Morgan fingerprint density at radius 2 is 2.33 bits per heavy atom. The normalized spacial score (nSPS) is 21.3. The average molecular weight is 225 g/mol. The zero-order valence-electron chi connectivity index (χ0n) is 9.02. The van der Waals surface area contributed by atoms with E-state index >= 15 is 0 Å². The molecule has 1 aromatic carbocycles. The van der Waals surface area contributed by atoms with Crippen LogP contribution in [-0.4, -0.2) is 19.1 Å². The standard InChI is InChI=1S/C12H17ClN2/c1-9-4-5-10(13)7-12(9)15-11-3-2-6-14-8-11/h4-5,7,11,14-15H,2-3,6,8H2,1H3. The van der Waals surface area contributed by atoms with E-state index in [1.165, 1.54) is 18.4 Å². The van der Waals surface area contributed by atoms with Crippen molar-refractivity contribution in [2.45, 2.75) is 25.8 Å². The molecule has 0 aliphatic carbocycles. The molecule has 0 radical (unpaired) electrons. The maximum Gasteiger partial charge on any atom is 0.0426 e. The summed E-state index contributed by atoms with van der Waals surface area (Å²) in [7, 11) is 0.